The van der Waals surface area contributed by atoms with Crippen molar-refractivity contribution in [1.29, 1.82) is 0 Å². The number of alkyl halides is 6. The van der Waals surface area contributed by atoms with Crippen molar-refractivity contribution in [2.45, 2.75) is 61.6 Å². The topological polar surface area (TPSA) is 41.1 Å². The molecule has 0 aromatic heterocycles. The zero-order chi connectivity index (χ0) is 20.7. The second kappa shape index (κ2) is 10.8. The van der Waals surface area contributed by atoms with E-state index in [1.165, 1.54) is 0 Å². The molecule has 2 N–H and O–H groups in total. The third-order valence-corrected chi connectivity index (χ3v) is 4.72. The molecule has 0 fully saturated rings. The van der Waals surface area contributed by atoms with Crippen molar-refractivity contribution in [3.05, 3.63) is 28.8 Å². The van der Waals surface area contributed by atoms with Gasteiger partial charge in [0.2, 0.25) is 9.70 Å². The van der Waals surface area contributed by atoms with E-state index >= 15 is 0 Å². The summed E-state index contributed by atoms with van der Waals surface area (Å²) in [5, 5.41) is 5.07. The SMILES string of the molecule is CCCCCCCC(=O)N[C@@H](Nc1cc(C(F)(F)F)ccc1Cl)C(Cl)(Cl)Cl. The van der Waals surface area contributed by atoms with Gasteiger partial charge in [0.1, 0.15) is 6.17 Å². The maximum atomic E-state index is 12.9. The van der Waals surface area contributed by atoms with E-state index in [9.17, 15) is 18.0 Å². The molecular weight excluding hydrogens is 447 g/mol. The fourth-order valence-electron chi connectivity index (χ4n) is 2.29. The second-order valence-electron chi connectivity index (χ2n) is 6.04. The largest absolute Gasteiger partial charge is 0.416 e. The van der Waals surface area contributed by atoms with Crippen LogP contribution >= 0.6 is 46.4 Å². The second-order valence-corrected chi connectivity index (χ2v) is 8.82. The number of rotatable bonds is 9. The van der Waals surface area contributed by atoms with E-state index in [0.717, 1.165) is 43.9 Å². The molecular formula is C17H21Cl4F3N2O. The minimum atomic E-state index is -4.56. The van der Waals surface area contributed by atoms with Crippen molar-refractivity contribution in [3.63, 3.8) is 0 Å². The monoisotopic (exact) mass is 466 g/mol. The van der Waals surface area contributed by atoms with Crippen LogP contribution in [-0.2, 0) is 11.0 Å². The minimum absolute atomic E-state index is 0.00364. The third kappa shape index (κ3) is 8.99. The van der Waals surface area contributed by atoms with Crippen LogP contribution in [0.3, 0.4) is 0 Å². The Morgan fingerprint density at radius 1 is 1.11 bits per heavy atom. The number of anilines is 1. The fraction of sp³-hybridized carbons (Fsp3) is 0.588. The Balaban J connectivity index is 2.80. The summed E-state index contributed by atoms with van der Waals surface area (Å²) in [6.45, 7) is 2.09. The normalized spacial score (nSPS) is 13.3. The van der Waals surface area contributed by atoms with E-state index < -0.39 is 21.7 Å². The summed E-state index contributed by atoms with van der Waals surface area (Å²) in [6, 6.07) is 2.72. The summed E-state index contributed by atoms with van der Waals surface area (Å²) in [5.41, 5.74) is -1.02. The first kappa shape index (κ1) is 24.5. The minimum Gasteiger partial charge on any atom is -0.361 e. The van der Waals surface area contributed by atoms with Gasteiger partial charge in [0.15, 0.2) is 0 Å². The zero-order valence-corrected chi connectivity index (χ0v) is 17.6. The molecule has 0 spiro atoms. The molecule has 0 aliphatic carbocycles. The summed E-state index contributed by atoms with van der Waals surface area (Å²) in [6.07, 6.45) is -0.828. The molecule has 27 heavy (non-hydrogen) atoms. The number of benzene rings is 1. The fourth-order valence-corrected chi connectivity index (χ4v) is 2.79. The average molecular weight is 468 g/mol. The van der Waals surface area contributed by atoms with Gasteiger partial charge in [0, 0.05) is 6.42 Å². The number of carbonyl (C=O) groups is 1. The van der Waals surface area contributed by atoms with Crippen molar-refractivity contribution >= 4 is 58.0 Å². The van der Waals surface area contributed by atoms with Gasteiger partial charge in [-0.1, -0.05) is 79.0 Å². The molecule has 0 saturated heterocycles. The highest BCUT2D eigenvalue weighted by Crippen LogP contribution is 2.36. The van der Waals surface area contributed by atoms with Crippen LogP contribution in [0.2, 0.25) is 5.02 Å². The van der Waals surface area contributed by atoms with Crippen LogP contribution in [0.1, 0.15) is 51.0 Å². The molecule has 1 atom stereocenters. The van der Waals surface area contributed by atoms with Crippen molar-refractivity contribution < 1.29 is 18.0 Å². The van der Waals surface area contributed by atoms with E-state index in [-0.39, 0.29) is 23.0 Å². The predicted octanol–water partition coefficient (Wildman–Crippen LogP) is 6.94. The molecule has 1 aromatic rings. The number of nitrogens with one attached hydrogen (secondary N) is 2. The number of hydrogen-bond acceptors (Lipinski definition) is 2. The summed E-state index contributed by atoms with van der Waals surface area (Å²) in [4.78, 5) is 12.1. The average Bonchev–Trinajstić information content (AvgIpc) is 2.54. The Bertz CT molecular complexity index is 621. The van der Waals surface area contributed by atoms with E-state index in [2.05, 4.69) is 17.6 Å². The molecule has 3 nitrogen and oxygen atoms in total. The third-order valence-electron chi connectivity index (χ3n) is 3.73. The molecule has 0 bridgehead atoms. The van der Waals surface area contributed by atoms with Gasteiger partial charge in [-0.2, -0.15) is 13.2 Å². The van der Waals surface area contributed by atoms with E-state index in [1.54, 1.807) is 0 Å². The molecule has 154 valence electrons. The number of halogens is 7. The van der Waals surface area contributed by atoms with Gasteiger partial charge in [-0.15, -0.1) is 0 Å². The Morgan fingerprint density at radius 3 is 2.30 bits per heavy atom. The van der Waals surface area contributed by atoms with Crippen LogP contribution in [0.15, 0.2) is 18.2 Å². The van der Waals surface area contributed by atoms with Crippen molar-refractivity contribution in [2.75, 3.05) is 5.32 Å². The maximum Gasteiger partial charge on any atom is 0.416 e. The molecule has 0 aliphatic rings. The first-order valence-electron chi connectivity index (χ1n) is 8.44. The Hall–Kier alpha value is -0.560. The van der Waals surface area contributed by atoms with Gasteiger partial charge in [-0.3, -0.25) is 4.79 Å². The highest BCUT2D eigenvalue weighted by Gasteiger charge is 2.35. The Morgan fingerprint density at radius 2 is 1.74 bits per heavy atom. The van der Waals surface area contributed by atoms with Crippen molar-refractivity contribution in [2.24, 2.45) is 0 Å². The van der Waals surface area contributed by atoms with Gasteiger partial charge in [0.25, 0.3) is 0 Å². The molecule has 0 unspecified atom stereocenters. The lowest BCUT2D eigenvalue weighted by molar-refractivity contribution is -0.137. The van der Waals surface area contributed by atoms with Crippen LogP contribution in [-0.4, -0.2) is 15.9 Å². The van der Waals surface area contributed by atoms with Crippen LogP contribution in [0.4, 0.5) is 18.9 Å². The summed E-state index contributed by atoms with van der Waals surface area (Å²) >= 11 is 23.5. The van der Waals surface area contributed by atoms with Gasteiger partial charge in [-0.05, 0) is 24.6 Å². The van der Waals surface area contributed by atoms with Gasteiger partial charge in [0.05, 0.1) is 16.3 Å². The number of unbranched alkanes of at least 4 members (excludes halogenated alkanes) is 4. The molecule has 1 aromatic carbocycles. The van der Waals surface area contributed by atoms with Crippen LogP contribution < -0.4 is 10.6 Å². The van der Waals surface area contributed by atoms with Gasteiger partial charge >= 0.3 is 6.18 Å². The van der Waals surface area contributed by atoms with E-state index in [4.69, 9.17) is 46.4 Å². The quantitative estimate of drug-likeness (QED) is 0.234. The highest BCUT2D eigenvalue weighted by atomic mass is 35.6. The maximum absolute atomic E-state index is 12.9. The molecule has 1 amide bonds. The molecule has 10 heteroatoms. The zero-order valence-electron chi connectivity index (χ0n) is 14.6. The Labute approximate surface area is 176 Å². The number of amides is 1. The highest BCUT2D eigenvalue weighted by molar-refractivity contribution is 6.68. The van der Waals surface area contributed by atoms with E-state index in [0.29, 0.717) is 6.42 Å². The lowest BCUT2D eigenvalue weighted by atomic mass is 10.1. The smallest absolute Gasteiger partial charge is 0.361 e. The first-order valence-corrected chi connectivity index (χ1v) is 9.95. The van der Waals surface area contributed by atoms with Gasteiger partial charge in [-0.25, -0.2) is 0 Å². The Kier molecular flexibility index (Phi) is 9.83. The van der Waals surface area contributed by atoms with Crippen molar-refractivity contribution in [1.82, 2.24) is 5.32 Å². The predicted molar refractivity (Wildman–Crippen MR) is 106 cm³/mol. The van der Waals surface area contributed by atoms with Crippen LogP contribution in [0, 0.1) is 0 Å². The molecule has 1 rings (SSSR count). The number of carbonyl (C=O) groups excluding carboxylic acids is 1. The molecule has 0 radical (unpaired) electrons. The number of hydrogen-bond donors (Lipinski definition) is 2. The molecule has 0 heterocycles. The van der Waals surface area contributed by atoms with E-state index in [1.807, 2.05) is 0 Å². The van der Waals surface area contributed by atoms with Gasteiger partial charge < -0.3 is 10.6 Å². The summed E-state index contributed by atoms with van der Waals surface area (Å²) < 4.78 is 36.7. The summed E-state index contributed by atoms with van der Waals surface area (Å²) in [7, 11) is 0. The van der Waals surface area contributed by atoms with Crippen LogP contribution in [0.25, 0.3) is 0 Å². The lowest BCUT2D eigenvalue weighted by Crippen LogP contribution is -2.49. The summed E-state index contributed by atoms with van der Waals surface area (Å²) in [5.74, 6) is -0.376. The van der Waals surface area contributed by atoms with Crippen molar-refractivity contribution in [3.8, 4) is 0 Å². The standard InChI is InChI=1S/C17H21Cl4F3N2O/c1-2-3-4-5-6-7-14(27)26-15(16(19,20)21)25-13-10-11(17(22,23)24)8-9-12(13)18/h8-10,15,25H,2-7H2,1H3,(H,26,27)/t15-/m1/s1. The lowest BCUT2D eigenvalue weighted by Gasteiger charge is -2.28. The van der Waals surface area contributed by atoms with Crippen LogP contribution in [0.5, 0.6) is 0 Å². The molecule has 0 saturated carbocycles. The first-order chi connectivity index (χ1) is 12.4. The molecule has 0 aliphatic heterocycles.